The van der Waals surface area contributed by atoms with Crippen molar-refractivity contribution in [2.45, 2.75) is 13.5 Å². The molecular formula is C24H21BrClN3O4. The molecule has 170 valence electrons. The van der Waals surface area contributed by atoms with Gasteiger partial charge in [-0.1, -0.05) is 45.7 Å². The summed E-state index contributed by atoms with van der Waals surface area (Å²) < 4.78 is 12.4. The number of carbonyl (C=O) groups is 2. The Labute approximate surface area is 204 Å². The second-order valence-corrected chi connectivity index (χ2v) is 8.00. The predicted molar refractivity (Wildman–Crippen MR) is 132 cm³/mol. The van der Waals surface area contributed by atoms with Crippen LogP contribution in [0.25, 0.3) is 0 Å². The highest BCUT2D eigenvalue weighted by molar-refractivity contribution is 9.10. The normalized spacial score (nSPS) is 10.6. The van der Waals surface area contributed by atoms with Crippen LogP contribution in [0.3, 0.4) is 0 Å². The lowest BCUT2D eigenvalue weighted by Crippen LogP contribution is -2.32. The zero-order valence-electron chi connectivity index (χ0n) is 17.7. The van der Waals surface area contributed by atoms with E-state index in [-0.39, 0.29) is 6.61 Å². The molecule has 0 saturated heterocycles. The van der Waals surface area contributed by atoms with Gasteiger partial charge >= 0.3 is 11.8 Å². The Kier molecular flexibility index (Phi) is 8.86. The first-order valence-electron chi connectivity index (χ1n) is 9.99. The van der Waals surface area contributed by atoms with Crippen LogP contribution in [0.2, 0.25) is 5.02 Å². The number of hydrazone groups is 1. The number of carbonyl (C=O) groups excluding carboxylic acids is 2. The van der Waals surface area contributed by atoms with Crippen LogP contribution in [0.1, 0.15) is 18.1 Å². The number of amides is 2. The first-order chi connectivity index (χ1) is 16.0. The van der Waals surface area contributed by atoms with E-state index in [0.717, 1.165) is 10.0 Å². The van der Waals surface area contributed by atoms with Crippen LogP contribution in [0.4, 0.5) is 5.69 Å². The van der Waals surface area contributed by atoms with Gasteiger partial charge < -0.3 is 14.8 Å². The number of halogens is 2. The highest BCUT2D eigenvalue weighted by Gasteiger charge is 2.13. The molecule has 0 atom stereocenters. The molecule has 9 heteroatoms. The van der Waals surface area contributed by atoms with Crippen molar-refractivity contribution < 1.29 is 19.1 Å². The number of ether oxygens (including phenoxy) is 2. The van der Waals surface area contributed by atoms with Crippen molar-refractivity contribution in [2.75, 3.05) is 11.9 Å². The van der Waals surface area contributed by atoms with Gasteiger partial charge in [-0.3, -0.25) is 9.59 Å². The summed E-state index contributed by atoms with van der Waals surface area (Å²) in [6.07, 6.45) is 1.41. The maximum Gasteiger partial charge on any atom is 0.329 e. The minimum Gasteiger partial charge on any atom is -0.490 e. The van der Waals surface area contributed by atoms with Crippen molar-refractivity contribution in [3.63, 3.8) is 0 Å². The molecule has 0 spiro atoms. The molecule has 0 aromatic heterocycles. The van der Waals surface area contributed by atoms with Gasteiger partial charge in [-0.2, -0.15) is 5.10 Å². The van der Waals surface area contributed by atoms with E-state index in [9.17, 15) is 9.59 Å². The molecule has 7 nitrogen and oxygen atoms in total. The average molecular weight is 531 g/mol. The lowest BCUT2D eigenvalue weighted by molar-refractivity contribution is -0.136. The molecule has 0 bridgehead atoms. The summed E-state index contributed by atoms with van der Waals surface area (Å²) in [5.41, 5.74) is 4.21. The Morgan fingerprint density at radius 2 is 1.76 bits per heavy atom. The number of nitrogens with zero attached hydrogens (tertiary/aromatic N) is 1. The third-order valence-corrected chi connectivity index (χ3v) is 5.19. The molecule has 0 unspecified atom stereocenters. The molecule has 0 fully saturated rings. The summed E-state index contributed by atoms with van der Waals surface area (Å²) in [7, 11) is 0. The number of benzene rings is 3. The SMILES string of the molecule is CCOc1cc(C=NNC(=O)C(=O)Nc2ccc(Br)cc2)ccc1OCc1ccccc1Cl. The van der Waals surface area contributed by atoms with Gasteiger partial charge in [-0.25, -0.2) is 5.43 Å². The minimum absolute atomic E-state index is 0.288. The molecule has 3 rings (SSSR count). The van der Waals surface area contributed by atoms with Crippen LogP contribution in [0.5, 0.6) is 11.5 Å². The van der Waals surface area contributed by atoms with Crippen LogP contribution in [-0.2, 0) is 16.2 Å². The molecule has 0 aliphatic heterocycles. The van der Waals surface area contributed by atoms with Gasteiger partial charge in [0.15, 0.2) is 11.5 Å². The van der Waals surface area contributed by atoms with Crippen LogP contribution in [0.15, 0.2) is 76.3 Å². The summed E-state index contributed by atoms with van der Waals surface area (Å²) in [6.45, 7) is 2.59. The molecule has 3 aromatic rings. The van der Waals surface area contributed by atoms with Gasteiger partial charge in [0, 0.05) is 20.7 Å². The fourth-order valence-electron chi connectivity index (χ4n) is 2.70. The van der Waals surface area contributed by atoms with E-state index >= 15 is 0 Å². The fraction of sp³-hybridized carbons (Fsp3) is 0.125. The Balaban J connectivity index is 1.59. The molecule has 2 amide bonds. The zero-order chi connectivity index (χ0) is 23.6. The van der Waals surface area contributed by atoms with Crippen molar-refractivity contribution >= 4 is 51.2 Å². The fourth-order valence-corrected chi connectivity index (χ4v) is 3.16. The second kappa shape index (κ2) is 12.0. The van der Waals surface area contributed by atoms with E-state index in [0.29, 0.717) is 34.4 Å². The summed E-state index contributed by atoms with van der Waals surface area (Å²) in [4.78, 5) is 24.0. The standard InChI is InChI=1S/C24H21BrClN3O4/c1-2-32-22-13-16(7-12-21(22)33-15-17-5-3-4-6-20(17)26)14-27-29-24(31)23(30)28-19-10-8-18(25)9-11-19/h3-14H,2,15H2,1H3,(H,28,30)(H,29,31). The van der Waals surface area contributed by atoms with Gasteiger partial charge in [-0.15, -0.1) is 0 Å². The van der Waals surface area contributed by atoms with Gasteiger partial charge in [0.25, 0.3) is 0 Å². The molecular weight excluding hydrogens is 510 g/mol. The molecule has 0 aliphatic rings. The summed E-state index contributed by atoms with van der Waals surface area (Å²) in [5, 5.41) is 6.96. The predicted octanol–water partition coefficient (Wildman–Crippen LogP) is 5.17. The van der Waals surface area contributed by atoms with Crippen LogP contribution >= 0.6 is 27.5 Å². The van der Waals surface area contributed by atoms with E-state index in [1.165, 1.54) is 6.21 Å². The van der Waals surface area contributed by atoms with Gasteiger partial charge in [-0.05, 0) is 61.0 Å². The van der Waals surface area contributed by atoms with Crippen molar-refractivity contribution in [2.24, 2.45) is 5.10 Å². The van der Waals surface area contributed by atoms with Crippen LogP contribution < -0.4 is 20.2 Å². The lowest BCUT2D eigenvalue weighted by Gasteiger charge is -2.13. The maximum absolute atomic E-state index is 12.0. The van der Waals surface area contributed by atoms with E-state index in [1.54, 1.807) is 48.5 Å². The lowest BCUT2D eigenvalue weighted by atomic mass is 10.2. The first kappa shape index (κ1) is 24.3. The van der Waals surface area contributed by atoms with Crippen molar-refractivity contribution in [1.82, 2.24) is 5.43 Å². The quantitative estimate of drug-likeness (QED) is 0.239. The summed E-state index contributed by atoms with van der Waals surface area (Å²) >= 11 is 9.48. The van der Waals surface area contributed by atoms with E-state index in [2.05, 4.69) is 31.8 Å². The largest absolute Gasteiger partial charge is 0.490 e. The summed E-state index contributed by atoms with van der Waals surface area (Å²) in [5.74, 6) is -0.647. The van der Waals surface area contributed by atoms with Gasteiger partial charge in [0.2, 0.25) is 0 Å². The molecule has 0 radical (unpaired) electrons. The molecule has 0 heterocycles. The monoisotopic (exact) mass is 529 g/mol. The van der Waals surface area contributed by atoms with Gasteiger partial charge in [0.05, 0.1) is 12.8 Å². The third-order valence-electron chi connectivity index (χ3n) is 4.30. The van der Waals surface area contributed by atoms with E-state index in [1.807, 2.05) is 25.1 Å². The van der Waals surface area contributed by atoms with Gasteiger partial charge in [0.1, 0.15) is 6.61 Å². The molecule has 33 heavy (non-hydrogen) atoms. The number of rotatable bonds is 8. The van der Waals surface area contributed by atoms with Crippen molar-refractivity contribution in [3.8, 4) is 11.5 Å². The van der Waals surface area contributed by atoms with E-state index in [4.69, 9.17) is 21.1 Å². The second-order valence-electron chi connectivity index (χ2n) is 6.68. The van der Waals surface area contributed by atoms with Crippen LogP contribution in [0, 0.1) is 0 Å². The Morgan fingerprint density at radius 1 is 1.00 bits per heavy atom. The highest BCUT2D eigenvalue weighted by Crippen LogP contribution is 2.29. The van der Waals surface area contributed by atoms with Crippen LogP contribution in [-0.4, -0.2) is 24.6 Å². The molecule has 0 saturated carbocycles. The molecule has 3 aromatic carbocycles. The van der Waals surface area contributed by atoms with Crippen molar-refractivity contribution in [3.05, 3.63) is 87.4 Å². The Bertz CT molecular complexity index is 1150. The third kappa shape index (κ3) is 7.34. The summed E-state index contributed by atoms with van der Waals surface area (Å²) in [6, 6.07) is 19.5. The minimum atomic E-state index is -0.890. The number of nitrogens with one attached hydrogen (secondary N) is 2. The molecule has 0 aliphatic carbocycles. The maximum atomic E-state index is 12.0. The topological polar surface area (TPSA) is 89.0 Å². The smallest absolute Gasteiger partial charge is 0.329 e. The average Bonchev–Trinajstić information content (AvgIpc) is 2.81. The Hall–Kier alpha value is -3.36. The zero-order valence-corrected chi connectivity index (χ0v) is 20.0. The Morgan fingerprint density at radius 3 is 2.48 bits per heavy atom. The van der Waals surface area contributed by atoms with Crippen molar-refractivity contribution in [1.29, 1.82) is 0 Å². The van der Waals surface area contributed by atoms with E-state index < -0.39 is 11.8 Å². The number of hydrogen-bond acceptors (Lipinski definition) is 5. The molecule has 2 N–H and O–H groups in total. The highest BCUT2D eigenvalue weighted by atomic mass is 79.9. The first-order valence-corrected chi connectivity index (χ1v) is 11.2. The number of anilines is 1. The number of hydrogen-bond donors (Lipinski definition) is 2.